The summed E-state index contributed by atoms with van der Waals surface area (Å²) < 4.78 is 10.3. The Labute approximate surface area is 106 Å². The van der Waals surface area contributed by atoms with Crippen molar-refractivity contribution in [2.75, 3.05) is 13.7 Å². The van der Waals surface area contributed by atoms with E-state index < -0.39 is 0 Å². The molecule has 17 heavy (non-hydrogen) atoms. The third kappa shape index (κ3) is 3.98. The summed E-state index contributed by atoms with van der Waals surface area (Å²) in [7, 11) is 1.45. The van der Waals surface area contributed by atoms with Crippen molar-refractivity contribution in [3.05, 3.63) is 5.28 Å². The van der Waals surface area contributed by atoms with Gasteiger partial charge in [-0.15, -0.1) is 4.98 Å². The first kappa shape index (κ1) is 13.9. The maximum absolute atomic E-state index is 6.09. The first-order valence-corrected chi connectivity index (χ1v) is 5.78. The Hall–Kier alpha value is -1.14. The van der Waals surface area contributed by atoms with Gasteiger partial charge in [0, 0.05) is 5.54 Å². The van der Waals surface area contributed by atoms with Gasteiger partial charge in [-0.25, -0.2) is 0 Å². The Bertz CT molecular complexity index is 371. The third-order valence-electron chi connectivity index (χ3n) is 2.65. The fraction of sp³-hybridized carbons (Fsp3) is 0.700. The quantitative estimate of drug-likeness (QED) is 0.833. The number of hydrogen-bond donors (Lipinski definition) is 1. The average molecular weight is 261 g/mol. The number of nitrogens with two attached hydrogens (primary N) is 1. The van der Waals surface area contributed by atoms with Gasteiger partial charge in [0.1, 0.15) is 6.61 Å². The van der Waals surface area contributed by atoms with Gasteiger partial charge in [0.15, 0.2) is 0 Å². The van der Waals surface area contributed by atoms with E-state index in [0.29, 0.717) is 6.61 Å². The van der Waals surface area contributed by atoms with E-state index in [-0.39, 0.29) is 22.8 Å². The van der Waals surface area contributed by atoms with Crippen molar-refractivity contribution >= 4 is 11.6 Å². The second-order valence-electron chi connectivity index (χ2n) is 3.73. The molecule has 0 fully saturated rings. The number of halogens is 1. The van der Waals surface area contributed by atoms with Crippen molar-refractivity contribution in [1.82, 2.24) is 15.0 Å². The zero-order valence-electron chi connectivity index (χ0n) is 10.2. The maximum atomic E-state index is 6.09. The summed E-state index contributed by atoms with van der Waals surface area (Å²) in [5.74, 6) is 0. The Kier molecular flexibility index (Phi) is 4.89. The molecule has 1 rings (SSSR count). The molecule has 0 saturated carbocycles. The Morgan fingerprint density at radius 3 is 2.29 bits per heavy atom. The minimum absolute atomic E-state index is 0.0301. The highest BCUT2D eigenvalue weighted by molar-refractivity contribution is 6.28. The molecule has 0 spiro atoms. The Morgan fingerprint density at radius 1 is 1.18 bits per heavy atom. The molecule has 0 unspecified atom stereocenters. The predicted molar refractivity (Wildman–Crippen MR) is 64.4 cm³/mol. The minimum Gasteiger partial charge on any atom is -0.467 e. The third-order valence-corrected chi connectivity index (χ3v) is 2.82. The van der Waals surface area contributed by atoms with E-state index >= 15 is 0 Å². The molecule has 1 aromatic heterocycles. The van der Waals surface area contributed by atoms with Crippen LogP contribution < -0.4 is 15.2 Å². The van der Waals surface area contributed by atoms with E-state index in [4.69, 9.17) is 26.8 Å². The molecule has 0 aliphatic heterocycles. The van der Waals surface area contributed by atoms with Gasteiger partial charge < -0.3 is 15.2 Å². The summed E-state index contributed by atoms with van der Waals surface area (Å²) in [5, 5.41) is 0.0301. The van der Waals surface area contributed by atoms with Crippen LogP contribution in [-0.4, -0.2) is 34.2 Å². The van der Waals surface area contributed by atoms with Crippen LogP contribution in [0.25, 0.3) is 0 Å². The summed E-state index contributed by atoms with van der Waals surface area (Å²) >= 11 is 5.69. The molecule has 96 valence electrons. The smallest absolute Gasteiger partial charge is 0.323 e. The van der Waals surface area contributed by atoms with Crippen LogP contribution in [0.4, 0.5) is 0 Å². The molecule has 0 radical (unpaired) electrons. The van der Waals surface area contributed by atoms with Gasteiger partial charge in [0.25, 0.3) is 0 Å². The molecule has 0 atom stereocenters. The normalized spacial score (nSPS) is 11.4. The maximum Gasteiger partial charge on any atom is 0.323 e. The first-order chi connectivity index (χ1) is 8.03. The van der Waals surface area contributed by atoms with Gasteiger partial charge >= 0.3 is 12.0 Å². The molecule has 0 bridgehead atoms. The lowest BCUT2D eigenvalue weighted by atomic mass is 9.96. The van der Waals surface area contributed by atoms with E-state index in [1.807, 2.05) is 13.8 Å². The van der Waals surface area contributed by atoms with E-state index in [1.165, 1.54) is 7.11 Å². The number of hydrogen-bond acceptors (Lipinski definition) is 6. The monoisotopic (exact) mass is 260 g/mol. The lowest BCUT2D eigenvalue weighted by Crippen LogP contribution is -2.44. The molecule has 1 aromatic rings. The van der Waals surface area contributed by atoms with Crippen LogP contribution in [0.15, 0.2) is 0 Å². The SMILES string of the molecule is CCC(N)(CC)COc1nc(Cl)nc(OC)n1. The molecule has 1 heterocycles. The standard InChI is InChI=1S/C10H17ClN4O2/c1-4-10(12,5-2)6-17-9-14-7(11)13-8(15-9)16-3/h4-6,12H2,1-3H3. The Morgan fingerprint density at radius 2 is 1.76 bits per heavy atom. The lowest BCUT2D eigenvalue weighted by Gasteiger charge is -2.25. The molecule has 7 heteroatoms. The molecule has 0 aliphatic rings. The zero-order valence-corrected chi connectivity index (χ0v) is 11.0. The van der Waals surface area contributed by atoms with Crippen molar-refractivity contribution in [2.24, 2.45) is 5.73 Å². The molecule has 0 aliphatic carbocycles. The highest BCUT2D eigenvalue weighted by atomic mass is 35.5. The second kappa shape index (κ2) is 5.97. The van der Waals surface area contributed by atoms with Crippen LogP contribution in [0.2, 0.25) is 5.28 Å². The second-order valence-corrected chi connectivity index (χ2v) is 4.07. The van der Waals surface area contributed by atoms with Crippen LogP contribution in [-0.2, 0) is 0 Å². The van der Waals surface area contributed by atoms with Crippen LogP contribution in [0.3, 0.4) is 0 Å². The number of aromatic nitrogens is 3. The van der Waals surface area contributed by atoms with Gasteiger partial charge in [-0.2, -0.15) is 9.97 Å². The zero-order chi connectivity index (χ0) is 12.9. The summed E-state index contributed by atoms with van der Waals surface area (Å²) in [6.07, 6.45) is 1.61. The first-order valence-electron chi connectivity index (χ1n) is 5.40. The highest BCUT2D eigenvalue weighted by Gasteiger charge is 2.22. The van der Waals surface area contributed by atoms with Gasteiger partial charge in [0.05, 0.1) is 7.11 Å². The number of nitrogens with zero attached hydrogens (tertiary/aromatic N) is 3. The lowest BCUT2D eigenvalue weighted by molar-refractivity contribution is 0.191. The van der Waals surface area contributed by atoms with Crippen molar-refractivity contribution in [2.45, 2.75) is 32.2 Å². The fourth-order valence-electron chi connectivity index (χ4n) is 1.13. The number of methoxy groups -OCH3 is 1. The summed E-state index contributed by atoms with van der Waals surface area (Å²) in [4.78, 5) is 11.5. The van der Waals surface area contributed by atoms with Crippen molar-refractivity contribution < 1.29 is 9.47 Å². The van der Waals surface area contributed by atoms with Gasteiger partial charge in [-0.05, 0) is 24.4 Å². The molecule has 0 amide bonds. The summed E-state index contributed by atoms with van der Waals surface area (Å²) in [6, 6.07) is 0.245. The van der Waals surface area contributed by atoms with Crippen molar-refractivity contribution in [3.63, 3.8) is 0 Å². The van der Waals surface area contributed by atoms with Crippen molar-refractivity contribution in [3.8, 4) is 12.0 Å². The van der Waals surface area contributed by atoms with Crippen LogP contribution in [0.5, 0.6) is 12.0 Å². The fourth-order valence-corrected chi connectivity index (χ4v) is 1.28. The van der Waals surface area contributed by atoms with E-state index in [1.54, 1.807) is 0 Å². The molecule has 6 nitrogen and oxygen atoms in total. The van der Waals surface area contributed by atoms with Gasteiger partial charge in [-0.3, -0.25) is 0 Å². The number of rotatable bonds is 6. The van der Waals surface area contributed by atoms with E-state index in [2.05, 4.69) is 15.0 Å². The summed E-state index contributed by atoms with van der Waals surface area (Å²) in [5.41, 5.74) is 5.71. The van der Waals surface area contributed by atoms with Crippen LogP contribution >= 0.6 is 11.6 Å². The molecular formula is C10H17ClN4O2. The van der Waals surface area contributed by atoms with Crippen molar-refractivity contribution in [1.29, 1.82) is 0 Å². The molecule has 0 saturated heterocycles. The van der Waals surface area contributed by atoms with Gasteiger partial charge in [-0.1, -0.05) is 13.8 Å². The number of ether oxygens (including phenoxy) is 2. The molecular weight excluding hydrogens is 244 g/mol. The van der Waals surface area contributed by atoms with Crippen LogP contribution in [0.1, 0.15) is 26.7 Å². The Balaban J connectivity index is 2.72. The van der Waals surface area contributed by atoms with Gasteiger partial charge in [0.2, 0.25) is 5.28 Å². The molecule has 2 N–H and O–H groups in total. The predicted octanol–water partition coefficient (Wildman–Crippen LogP) is 1.43. The summed E-state index contributed by atoms with van der Waals surface area (Å²) in [6.45, 7) is 4.34. The van der Waals surface area contributed by atoms with E-state index in [9.17, 15) is 0 Å². The van der Waals surface area contributed by atoms with E-state index in [0.717, 1.165) is 12.8 Å². The molecule has 0 aromatic carbocycles. The van der Waals surface area contributed by atoms with Crippen LogP contribution in [0, 0.1) is 0 Å². The topological polar surface area (TPSA) is 83.2 Å². The largest absolute Gasteiger partial charge is 0.467 e. The minimum atomic E-state index is -0.383. The average Bonchev–Trinajstić information content (AvgIpc) is 2.35. The highest BCUT2D eigenvalue weighted by Crippen LogP contribution is 2.16.